The molecule has 1 aliphatic heterocycles. The van der Waals surface area contributed by atoms with Crippen LogP contribution in [-0.4, -0.2) is 51.5 Å². The summed E-state index contributed by atoms with van der Waals surface area (Å²) in [7, 11) is 0. The molecule has 2 rings (SSSR count). The molecule has 1 aromatic rings. The number of carbonyl (C=O) groups is 2. The summed E-state index contributed by atoms with van der Waals surface area (Å²) < 4.78 is 39.0. The van der Waals surface area contributed by atoms with E-state index >= 15 is 0 Å². The van der Waals surface area contributed by atoms with Gasteiger partial charge >= 0.3 is 6.18 Å². The maximum atomic E-state index is 13.0. The van der Waals surface area contributed by atoms with Gasteiger partial charge in [0.2, 0.25) is 5.91 Å². The number of halogens is 3. The number of amides is 2. The number of rotatable bonds is 2. The molecule has 132 valence electrons. The van der Waals surface area contributed by atoms with E-state index in [9.17, 15) is 22.8 Å². The molecule has 0 aromatic carbocycles. The Labute approximate surface area is 137 Å². The van der Waals surface area contributed by atoms with Crippen molar-refractivity contribution in [2.45, 2.75) is 51.9 Å². The lowest BCUT2D eigenvalue weighted by Gasteiger charge is -2.40. The highest BCUT2D eigenvalue weighted by atomic mass is 19.4. The minimum atomic E-state index is -4.47. The molecule has 0 aliphatic carbocycles. The first-order chi connectivity index (χ1) is 11.1. The van der Waals surface area contributed by atoms with E-state index in [0.717, 1.165) is 11.8 Å². The summed E-state index contributed by atoms with van der Waals surface area (Å²) in [6.45, 7) is 4.29. The lowest BCUT2D eigenvalue weighted by molar-refractivity contribution is -0.196. The number of piperidine rings is 1. The second kappa shape index (κ2) is 6.74. The van der Waals surface area contributed by atoms with Crippen LogP contribution >= 0.6 is 0 Å². The molecule has 2 amide bonds. The predicted octanol–water partition coefficient (Wildman–Crippen LogP) is 1.77. The summed E-state index contributed by atoms with van der Waals surface area (Å²) in [5.74, 6) is -0.709. The fraction of sp³-hybridized carbons (Fsp3) is 0.600. The summed E-state index contributed by atoms with van der Waals surface area (Å²) in [6.07, 6.45) is -4.57. The quantitative estimate of drug-likeness (QED) is 0.887. The summed E-state index contributed by atoms with van der Waals surface area (Å²) in [5, 5.41) is 2.66. The van der Waals surface area contributed by atoms with E-state index in [0.29, 0.717) is 11.5 Å². The van der Waals surface area contributed by atoms with Gasteiger partial charge in [-0.15, -0.1) is 0 Å². The monoisotopic (exact) mass is 344 g/mol. The Morgan fingerprint density at radius 1 is 1.25 bits per heavy atom. The molecular formula is C15H19F3N4O2. The van der Waals surface area contributed by atoms with E-state index in [-0.39, 0.29) is 25.1 Å². The Hall–Kier alpha value is -2.19. The third-order valence-corrected chi connectivity index (χ3v) is 3.90. The first-order valence-electron chi connectivity index (χ1n) is 7.55. The van der Waals surface area contributed by atoms with E-state index in [2.05, 4.69) is 15.3 Å². The summed E-state index contributed by atoms with van der Waals surface area (Å²) in [4.78, 5) is 32.6. The van der Waals surface area contributed by atoms with Crippen molar-refractivity contribution in [3.8, 4) is 0 Å². The van der Waals surface area contributed by atoms with Crippen LogP contribution in [0.25, 0.3) is 0 Å². The number of nitrogens with one attached hydrogen (secondary N) is 1. The Bertz CT molecular complexity index is 628. The average molecular weight is 344 g/mol. The van der Waals surface area contributed by atoms with Crippen molar-refractivity contribution in [1.82, 2.24) is 20.2 Å². The summed E-state index contributed by atoms with van der Waals surface area (Å²) >= 11 is 0. The zero-order valence-corrected chi connectivity index (χ0v) is 13.6. The van der Waals surface area contributed by atoms with Crippen LogP contribution in [-0.2, 0) is 4.79 Å². The zero-order valence-electron chi connectivity index (χ0n) is 13.6. The Balaban J connectivity index is 2.08. The number of hydrogen-bond acceptors (Lipinski definition) is 4. The standard InChI is InChI=1S/C15H19F3N4O2/c1-8-6-12(20-9(2)19-8)14(24)21-11-4-5-13(15(16,17)18)22(7-11)10(3)23/h6,11,13H,4-5,7H2,1-3H3,(H,21,24)/t11-,13-/m1/s1. The van der Waals surface area contributed by atoms with Gasteiger partial charge in [-0.2, -0.15) is 13.2 Å². The van der Waals surface area contributed by atoms with Crippen LogP contribution in [0.15, 0.2) is 6.07 Å². The van der Waals surface area contributed by atoms with Gasteiger partial charge in [-0.05, 0) is 32.8 Å². The molecule has 0 unspecified atom stereocenters. The Morgan fingerprint density at radius 2 is 1.92 bits per heavy atom. The van der Waals surface area contributed by atoms with Crippen molar-refractivity contribution < 1.29 is 22.8 Å². The third-order valence-electron chi connectivity index (χ3n) is 3.90. The molecule has 2 heterocycles. The molecule has 2 atom stereocenters. The zero-order chi connectivity index (χ0) is 18.1. The molecule has 9 heteroatoms. The Kier molecular flexibility index (Phi) is 5.10. The van der Waals surface area contributed by atoms with E-state index < -0.39 is 30.1 Å². The molecule has 1 aromatic heterocycles. The number of hydrogen-bond donors (Lipinski definition) is 1. The lowest BCUT2D eigenvalue weighted by atomic mass is 9.97. The van der Waals surface area contributed by atoms with Gasteiger partial charge < -0.3 is 10.2 Å². The van der Waals surface area contributed by atoms with Gasteiger partial charge in [-0.1, -0.05) is 0 Å². The molecule has 1 N–H and O–H groups in total. The van der Waals surface area contributed by atoms with Crippen LogP contribution in [0.4, 0.5) is 13.2 Å². The van der Waals surface area contributed by atoms with Gasteiger partial charge in [0, 0.05) is 25.2 Å². The van der Waals surface area contributed by atoms with Crippen LogP contribution in [0, 0.1) is 13.8 Å². The number of alkyl halides is 3. The highest BCUT2D eigenvalue weighted by molar-refractivity contribution is 5.92. The van der Waals surface area contributed by atoms with Gasteiger partial charge in [0.05, 0.1) is 0 Å². The van der Waals surface area contributed by atoms with E-state index in [4.69, 9.17) is 0 Å². The van der Waals surface area contributed by atoms with E-state index in [1.54, 1.807) is 13.8 Å². The predicted molar refractivity (Wildman–Crippen MR) is 79.2 cm³/mol. The van der Waals surface area contributed by atoms with Crippen LogP contribution in [0.2, 0.25) is 0 Å². The Morgan fingerprint density at radius 3 is 2.46 bits per heavy atom. The second-order valence-electron chi connectivity index (χ2n) is 5.92. The van der Waals surface area contributed by atoms with Crippen molar-refractivity contribution in [1.29, 1.82) is 0 Å². The molecule has 1 aliphatic rings. The largest absolute Gasteiger partial charge is 0.408 e. The summed E-state index contributed by atoms with van der Waals surface area (Å²) in [5.41, 5.74) is 0.783. The maximum absolute atomic E-state index is 13.0. The van der Waals surface area contributed by atoms with Gasteiger partial charge in [0.15, 0.2) is 0 Å². The SMILES string of the molecule is CC(=O)N1C[C@H](NC(=O)c2cc(C)nc(C)n2)CC[C@@H]1C(F)(F)F. The molecule has 0 saturated carbocycles. The van der Waals surface area contributed by atoms with Crippen LogP contribution in [0.1, 0.15) is 41.8 Å². The van der Waals surface area contributed by atoms with Crippen LogP contribution in [0.5, 0.6) is 0 Å². The molecule has 1 fully saturated rings. The second-order valence-corrected chi connectivity index (χ2v) is 5.92. The fourth-order valence-electron chi connectivity index (χ4n) is 2.87. The van der Waals surface area contributed by atoms with E-state index in [1.165, 1.54) is 6.07 Å². The molecule has 1 saturated heterocycles. The average Bonchev–Trinajstić information content (AvgIpc) is 2.44. The highest BCUT2D eigenvalue weighted by Gasteiger charge is 2.47. The molecule has 0 spiro atoms. The first kappa shape index (κ1) is 18.2. The van der Waals surface area contributed by atoms with Gasteiger partial charge in [0.25, 0.3) is 5.91 Å². The molecule has 24 heavy (non-hydrogen) atoms. The molecule has 0 radical (unpaired) electrons. The van der Waals surface area contributed by atoms with Gasteiger partial charge in [-0.3, -0.25) is 9.59 Å². The molecule has 0 bridgehead atoms. The lowest BCUT2D eigenvalue weighted by Crippen LogP contribution is -2.57. The number of likely N-dealkylation sites (tertiary alicyclic amines) is 1. The number of aromatic nitrogens is 2. The minimum absolute atomic E-state index is 0.142. The van der Waals surface area contributed by atoms with Crippen LogP contribution in [0.3, 0.4) is 0 Å². The smallest absolute Gasteiger partial charge is 0.346 e. The minimum Gasteiger partial charge on any atom is -0.346 e. The van der Waals surface area contributed by atoms with Gasteiger partial charge in [0.1, 0.15) is 17.6 Å². The summed E-state index contributed by atoms with van der Waals surface area (Å²) in [6, 6.07) is -0.839. The third kappa shape index (κ3) is 4.21. The molecule has 6 nitrogen and oxygen atoms in total. The normalized spacial score (nSPS) is 21.5. The number of nitrogens with zero attached hydrogens (tertiary/aromatic N) is 3. The number of aryl methyl sites for hydroxylation is 2. The van der Waals surface area contributed by atoms with Crippen molar-refractivity contribution >= 4 is 11.8 Å². The topological polar surface area (TPSA) is 75.2 Å². The van der Waals surface area contributed by atoms with Crippen molar-refractivity contribution in [2.24, 2.45) is 0 Å². The molecular weight excluding hydrogens is 325 g/mol. The highest BCUT2D eigenvalue weighted by Crippen LogP contribution is 2.32. The van der Waals surface area contributed by atoms with Crippen molar-refractivity contribution in [3.05, 3.63) is 23.3 Å². The van der Waals surface area contributed by atoms with Crippen molar-refractivity contribution in [2.75, 3.05) is 6.54 Å². The maximum Gasteiger partial charge on any atom is 0.408 e. The van der Waals surface area contributed by atoms with E-state index in [1.807, 2.05) is 0 Å². The first-order valence-corrected chi connectivity index (χ1v) is 7.55. The van der Waals surface area contributed by atoms with Gasteiger partial charge in [-0.25, -0.2) is 9.97 Å². The fourth-order valence-corrected chi connectivity index (χ4v) is 2.87. The number of carbonyl (C=O) groups excluding carboxylic acids is 2. The van der Waals surface area contributed by atoms with Crippen LogP contribution < -0.4 is 5.32 Å². The van der Waals surface area contributed by atoms with Crippen molar-refractivity contribution in [3.63, 3.8) is 0 Å².